The fourth-order valence-electron chi connectivity index (χ4n) is 2.67. The molecule has 0 aliphatic heterocycles. The normalized spacial score (nSPS) is 13.9. The first-order chi connectivity index (χ1) is 13.5. The van der Waals surface area contributed by atoms with E-state index in [2.05, 4.69) is 25.7 Å². The minimum Gasteiger partial charge on any atom is -0.463 e. The summed E-state index contributed by atoms with van der Waals surface area (Å²) in [6.07, 6.45) is 5.30. The Bertz CT molecular complexity index is 914. The van der Waals surface area contributed by atoms with Gasteiger partial charge < -0.3 is 20.2 Å². The Hall–Kier alpha value is -3.13. The molecule has 0 fully saturated rings. The van der Waals surface area contributed by atoms with Gasteiger partial charge in [-0.15, -0.1) is 0 Å². The number of guanidine groups is 1. The minimum absolute atomic E-state index is 0.265. The van der Waals surface area contributed by atoms with Crippen molar-refractivity contribution in [3.05, 3.63) is 66.0 Å². The Morgan fingerprint density at radius 2 is 2.14 bits per heavy atom. The molecule has 3 aromatic rings. The van der Waals surface area contributed by atoms with E-state index in [0.29, 0.717) is 24.8 Å². The van der Waals surface area contributed by atoms with Crippen molar-refractivity contribution in [2.45, 2.75) is 32.9 Å². The maximum Gasteiger partial charge on any atom is 0.191 e. The molecule has 0 amide bonds. The summed E-state index contributed by atoms with van der Waals surface area (Å²) in [6, 6.07) is 9.34. The van der Waals surface area contributed by atoms with Crippen molar-refractivity contribution in [1.82, 2.24) is 25.4 Å². The van der Waals surface area contributed by atoms with Crippen molar-refractivity contribution in [3.8, 4) is 5.82 Å². The second-order valence-electron chi connectivity index (χ2n) is 6.71. The third-order valence-electron chi connectivity index (χ3n) is 4.18. The first kappa shape index (κ1) is 19.6. The van der Waals surface area contributed by atoms with Gasteiger partial charge in [0, 0.05) is 25.1 Å². The van der Waals surface area contributed by atoms with Crippen molar-refractivity contribution in [2.75, 3.05) is 13.1 Å². The van der Waals surface area contributed by atoms with Gasteiger partial charge in [0.25, 0.3) is 0 Å². The van der Waals surface area contributed by atoms with Crippen LogP contribution in [-0.2, 0) is 12.1 Å². The topological polar surface area (TPSA) is 100 Å². The van der Waals surface area contributed by atoms with Crippen LogP contribution in [-0.4, -0.2) is 38.9 Å². The predicted octanol–water partition coefficient (Wildman–Crippen LogP) is 2.13. The monoisotopic (exact) mass is 382 g/mol. The van der Waals surface area contributed by atoms with E-state index < -0.39 is 5.60 Å². The largest absolute Gasteiger partial charge is 0.463 e. The van der Waals surface area contributed by atoms with Crippen LogP contribution in [0.25, 0.3) is 5.82 Å². The van der Waals surface area contributed by atoms with Gasteiger partial charge in [0.15, 0.2) is 11.8 Å². The average Bonchev–Trinajstić information content (AvgIpc) is 3.36. The fourth-order valence-corrected chi connectivity index (χ4v) is 2.67. The van der Waals surface area contributed by atoms with Gasteiger partial charge in [-0.1, -0.05) is 0 Å². The summed E-state index contributed by atoms with van der Waals surface area (Å²) < 4.78 is 7.26. The first-order valence-corrected chi connectivity index (χ1v) is 9.24. The van der Waals surface area contributed by atoms with Crippen LogP contribution in [0, 0.1) is 6.92 Å². The summed E-state index contributed by atoms with van der Waals surface area (Å²) in [4.78, 5) is 8.93. The molecule has 28 heavy (non-hydrogen) atoms. The highest BCUT2D eigenvalue weighted by Crippen LogP contribution is 2.21. The number of nitrogens with one attached hydrogen (secondary N) is 2. The summed E-state index contributed by atoms with van der Waals surface area (Å²) >= 11 is 0. The van der Waals surface area contributed by atoms with Crippen molar-refractivity contribution in [1.29, 1.82) is 0 Å². The molecule has 0 aliphatic carbocycles. The lowest BCUT2D eigenvalue weighted by Crippen LogP contribution is -2.44. The van der Waals surface area contributed by atoms with Gasteiger partial charge in [-0.3, -0.25) is 0 Å². The molecule has 0 aliphatic rings. The zero-order valence-corrected chi connectivity index (χ0v) is 16.4. The molecule has 8 heteroatoms. The summed E-state index contributed by atoms with van der Waals surface area (Å²) in [5.74, 6) is 2.64. The van der Waals surface area contributed by atoms with Gasteiger partial charge >= 0.3 is 0 Å². The second-order valence-corrected chi connectivity index (χ2v) is 6.71. The van der Waals surface area contributed by atoms with E-state index in [1.807, 2.05) is 44.3 Å². The molecule has 148 valence electrons. The lowest BCUT2D eigenvalue weighted by molar-refractivity contribution is 0.0378. The number of aliphatic imine (C=N–C) groups is 1. The summed E-state index contributed by atoms with van der Waals surface area (Å²) in [5.41, 5.74) is -0.139. The SMILES string of the molecule is CCNC(=NCc1ccnc(-n2cccn2)c1)NCC(C)(O)c1ccc(C)o1. The molecule has 0 saturated carbocycles. The minimum atomic E-state index is -1.14. The van der Waals surface area contributed by atoms with Gasteiger partial charge in [0.05, 0.1) is 13.1 Å². The van der Waals surface area contributed by atoms with Crippen LogP contribution in [0.5, 0.6) is 0 Å². The number of hydrogen-bond acceptors (Lipinski definition) is 5. The Labute approximate surface area is 164 Å². The number of aromatic nitrogens is 3. The molecule has 0 radical (unpaired) electrons. The lowest BCUT2D eigenvalue weighted by Gasteiger charge is -2.22. The molecule has 3 heterocycles. The number of furan rings is 1. The average molecular weight is 382 g/mol. The van der Waals surface area contributed by atoms with Gasteiger partial charge in [-0.2, -0.15) is 5.10 Å². The van der Waals surface area contributed by atoms with Gasteiger partial charge in [-0.05, 0) is 56.7 Å². The molecule has 3 aromatic heterocycles. The third kappa shape index (κ3) is 4.98. The van der Waals surface area contributed by atoms with Crippen LogP contribution in [0.15, 0.2) is 58.3 Å². The molecule has 0 aromatic carbocycles. The Morgan fingerprint density at radius 3 is 2.82 bits per heavy atom. The molecule has 1 unspecified atom stereocenters. The molecule has 0 saturated heterocycles. The number of rotatable bonds is 7. The summed E-state index contributed by atoms with van der Waals surface area (Å²) in [5, 5.41) is 21.2. The molecule has 3 rings (SSSR count). The highest BCUT2D eigenvalue weighted by Gasteiger charge is 2.27. The van der Waals surface area contributed by atoms with E-state index in [-0.39, 0.29) is 6.54 Å². The Balaban J connectivity index is 1.67. The number of hydrogen-bond donors (Lipinski definition) is 3. The smallest absolute Gasteiger partial charge is 0.191 e. The number of pyridine rings is 1. The van der Waals surface area contributed by atoms with Gasteiger partial charge in [-0.25, -0.2) is 14.7 Å². The van der Waals surface area contributed by atoms with E-state index in [0.717, 1.165) is 17.1 Å². The maximum absolute atomic E-state index is 10.7. The number of aliphatic hydroxyl groups is 1. The molecule has 8 nitrogen and oxygen atoms in total. The molecule has 3 N–H and O–H groups in total. The lowest BCUT2D eigenvalue weighted by atomic mass is 10.0. The van der Waals surface area contributed by atoms with Crippen molar-refractivity contribution in [3.63, 3.8) is 0 Å². The van der Waals surface area contributed by atoms with Gasteiger partial charge in [0.1, 0.15) is 17.1 Å². The number of aryl methyl sites for hydroxylation is 1. The molecular weight excluding hydrogens is 356 g/mol. The van der Waals surface area contributed by atoms with Crippen LogP contribution in [0.1, 0.15) is 30.9 Å². The van der Waals surface area contributed by atoms with E-state index in [9.17, 15) is 5.11 Å². The van der Waals surface area contributed by atoms with Crippen LogP contribution in [0.3, 0.4) is 0 Å². The van der Waals surface area contributed by atoms with Crippen molar-refractivity contribution >= 4 is 5.96 Å². The zero-order valence-electron chi connectivity index (χ0n) is 16.4. The second kappa shape index (κ2) is 8.71. The summed E-state index contributed by atoms with van der Waals surface area (Å²) in [7, 11) is 0. The zero-order chi connectivity index (χ0) is 20.0. The molecule has 1 atom stereocenters. The predicted molar refractivity (Wildman–Crippen MR) is 107 cm³/mol. The quantitative estimate of drug-likeness (QED) is 0.428. The third-order valence-corrected chi connectivity index (χ3v) is 4.18. The highest BCUT2D eigenvalue weighted by atomic mass is 16.4. The van der Waals surface area contributed by atoms with E-state index in [4.69, 9.17) is 4.42 Å². The standard InChI is InChI=1S/C20H26N6O2/c1-4-21-19(24-14-20(3,27)17-7-6-15(2)28-17)23-13-16-8-10-22-18(12-16)26-11-5-9-25-26/h5-12,27H,4,13-14H2,1-3H3,(H2,21,23,24). The van der Waals surface area contributed by atoms with Gasteiger partial charge in [0.2, 0.25) is 0 Å². The van der Waals surface area contributed by atoms with Crippen molar-refractivity contribution in [2.24, 2.45) is 4.99 Å². The van der Waals surface area contributed by atoms with Crippen LogP contribution in [0.2, 0.25) is 0 Å². The Kier molecular flexibility index (Phi) is 6.10. The molecular formula is C20H26N6O2. The Morgan fingerprint density at radius 1 is 1.29 bits per heavy atom. The number of nitrogens with zero attached hydrogens (tertiary/aromatic N) is 4. The highest BCUT2D eigenvalue weighted by molar-refractivity contribution is 5.79. The van der Waals surface area contributed by atoms with Crippen LogP contribution >= 0.6 is 0 Å². The van der Waals surface area contributed by atoms with E-state index in [1.165, 1.54) is 0 Å². The first-order valence-electron chi connectivity index (χ1n) is 9.24. The van der Waals surface area contributed by atoms with E-state index >= 15 is 0 Å². The molecule has 0 bridgehead atoms. The van der Waals surface area contributed by atoms with Crippen molar-refractivity contribution < 1.29 is 9.52 Å². The van der Waals surface area contributed by atoms with Crippen LogP contribution in [0.4, 0.5) is 0 Å². The fraction of sp³-hybridized carbons (Fsp3) is 0.350. The maximum atomic E-state index is 10.7. The summed E-state index contributed by atoms with van der Waals surface area (Å²) in [6.45, 7) is 7.00. The molecule has 0 spiro atoms. The van der Waals surface area contributed by atoms with Crippen LogP contribution < -0.4 is 10.6 Å². The van der Waals surface area contributed by atoms with E-state index in [1.54, 1.807) is 30.1 Å².